The van der Waals surface area contributed by atoms with E-state index in [2.05, 4.69) is 5.32 Å². The number of anilines is 1. The third kappa shape index (κ3) is 5.47. The van der Waals surface area contributed by atoms with Crippen molar-refractivity contribution in [3.05, 3.63) is 23.8 Å². The van der Waals surface area contributed by atoms with E-state index >= 15 is 0 Å². The maximum absolute atomic E-state index is 11.9. The molecular formula is C17H23NO5. The number of hydrogen-bond acceptors (Lipinski definition) is 5. The number of esters is 1. The summed E-state index contributed by atoms with van der Waals surface area (Å²) < 4.78 is 15.7. The quantitative estimate of drug-likeness (QED) is 0.839. The van der Waals surface area contributed by atoms with Crippen molar-refractivity contribution in [3.63, 3.8) is 0 Å². The predicted octanol–water partition coefficient (Wildman–Crippen LogP) is 3.61. The van der Waals surface area contributed by atoms with Gasteiger partial charge in [-0.05, 0) is 57.7 Å². The van der Waals surface area contributed by atoms with Gasteiger partial charge in [0.25, 0.3) is 0 Å². The number of carbonyl (C=O) groups excluding carboxylic acids is 2. The van der Waals surface area contributed by atoms with Gasteiger partial charge in [-0.3, -0.25) is 5.32 Å². The smallest absolute Gasteiger partial charge is 0.412 e. The Kier molecular flexibility index (Phi) is 5.13. The van der Waals surface area contributed by atoms with Crippen LogP contribution in [0.4, 0.5) is 10.5 Å². The second-order valence-electron chi connectivity index (χ2n) is 6.58. The fourth-order valence-electron chi connectivity index (χ4n) is 1.90. The molecule has 0 heterocycles. The molecule has 6 heteroatoms. The van der Waals surface area contributed by atoms with Gasteiger partial charge in [-0.25, -0.2) is 9.59 Å². The molecule has 0 atom stereocenters. The molecule has 1 aromatic rings. The lowest BCUT2D eigenvalue weighted by Gasteiger charge is -2.20. The van der Waals surface area contributed by atoms with E-state index in [0.717, 1.165) is 12.8 Å². The van der Waals surface area contributed by atoms with Crippen molar-refractivity contribution < 1.29 is 23.8 Å². The summed E-state index contributed by atoms with van der Waals surface area (Å²) in [6, 6.07) is 4.75. The van der Waals surface area contributed by atoms with Crippen molar-refractivity contribution in [3.8, 4) is 5.75 Å². The summed E-state index contributed by atoms with van der Waals surface area (Å²) in [7, 11) is 1.32. The Morgan fingerprint density at radius 2 is 1.96 bits per heavy atom. The molecule has 1 N–H and O–H groups in total. The fraction of sp³-hybridized carbons (Fsp3) is 0.529. The van der Waals surface area contributed by atoms with Crippen molar-refractivity contribution in [1.82, 2.24) is 0 Å². The Balaban J connectivity index is 2.14. The molecule has 23 heavy (non-hydrogen) atoms. The highest BCUT2D eigenvalue weighted by Gasteiger charge is 2.23. The van der Waals surface area contributed by atoms with Crippen molar-refractivity contribution in [2.45, 2.75) is 39.2 Å². The van der Waals surface area contributed by atoms with Gasteiger partial charge < -0.3 is 14.2 Å². The average molecular weight is 321 g/mol. The first-order valence-electron chi connectivity index (χ1n) is 7.63. The molecule has 1 aromatic carbocycles. The summed E-state index contributed by atoms with van der Waals surface area (Å²) in [5.41, 5.74) is 0.242. The number of rotatable bonds is 5. The Morgan fingerprint density at radius 3 is 2.52 bits per heavy atom. The van der Waals surface area contributed by atoms with E-state index in [1.165, 1.54) is 7.11 Å². The summed E-state index contributed by atoms with van der Waals surface area (Å²) in [6.45, 7) is 5.93. The summed E-state index contributed by atoms with van der Waals surface area (Å²) in [6.07, 6.45) is 1.72. The highest BCUT2D eigenvalue weighted by molar-refractivity contribution is 5.93. The molecule has 1 fully saturated rings. The first-order chi connectivity index (χ1) is 10.8. The van der Waals surface area contributed by atoms with E-state index < -0.39 is 17.7 Å². The zero-order valence-electron chi connectivity index (χ0n) is 14.0. The molecule has 1 aliphatic rings. The van der Waals surface area contributed by atoms with Gasteiger partial charge in [-0.1, -0.05) is 0 Å². The summed E-state index contributed by atoms with van der Waals surface area (Å²) in [5.74, 6) is 0.530. The number of carbonyl (C=O) groups is 2. The van der Waals surface area contributed by atoms with Crippen LogP contribution in [0, 0.1) is 5.92 Å². The van der Waals surface area contributed by atoms with Gasteiger partial charge in [0, 0.05) is 0 Å². The molecule has 0 saturated heterocycles. The van der Waals surface area contributed by atoms with E-state index in [9.17, 15) is 9.59 Å². The normalized spacial score (nSPS) is 14.1. The van der Waals surface area contributed by atoms with Crippen LogP contribution in [0.2, 0.25) is 0 Å². The molecule has 1 amide bonds. The summed E-state index contributed by atoms with van der Waals surface area (Å²) in [4.78, 5) is 23.6. The summed E-state index contributed by atoms with van der Waals surface area (Å²) in [5, 5.41) is 2.66. The molecule has 0 unspecified atom stereocenters. The molecule has 0 bridgehead atoms. The van der Waals surface area contributed by atoms with Gasteiger partial charge in [0.2, 0.25) is 0 Å². The minimum Gasteiger partial charge on any atom is -0.491 e. The van der Waals surface area contributed by atoms with Crippen LogP contribution in [-0.4, -0.2) is 31.4 Å². The van der Waals surface area contributed by atoms with E-state index in [0.29, 0.717) is 29.5 Å². The zero-order chi connectivity index (χ0) is 17.0. The number of nitrogens with one attached hydrogen (secondary N) is 1. The molecule has 126 valence electrons. The molecule has 2 rings (SSSR count). The van der Waals surface area contributed by atoms with Crippen LogP contribution in [0.15, 0.2) is 18.2 Å². The molecule has 0 radical (unpaired) electrons. The standard InChI is InChI=1S/C17H23NO5/c1-17(2,3)23-16(20)18-13-8-7-12(15(19)21-4)9-14(13)22-10-11-5-6-11/h7-9,11H,5-6,10H2,1-4H3,(H,18,20). The Bertz CT molecular complexity index is 587. The monoisotopic (exact) mass is 321 g/mol. The van der Waals surface area contributed by atoms with Crippen LogP contribution in [0.5, 0.6) is 5.75 Å². The van der Waals surface area contributed by atoms with Gasteiger partial charge in [0.1, 0.15) is 11.4 Å². The minimum absolute atomic E-state index is 0.369. The lowest BCUT2D eigenvalue weighted by atomic mass is 10.2. The SMILES string of the molecule is COC(=O)c1ccc(NC(=O)OC(C)(C)C)c(OCC2CC2)c1. The predicted molar refractivity (Wildman–Crippen MR) is 85.9 cm³/mol. The second kappa shape index (κ2) is 6.89. The van der Waals surface area contributed by atoms with Gasteiger partial charge in [-0.2, -0.15) is 0 Å². The van der Waals surface area contributed by atoms with Crippen LogP contribution in [0.3, 0.4) is 0 Å². The number of methoxy groups -OCH3 is 1. The zero-order valence-corrected chi connectivity index (χ0v) is 14.0. The lowest BCUT2D eigenvalue weighted by molar-refractivity contribution is 0.0598. The van der Waals surface area contributed by atoms with Crippen molar-refractivity contribution in [2.75, 3.05) is 19.0 Å². The van der Waals surface area contributed by atoms with Gasteiger partial charge in [-0.15, -0.1) is 0 Å². The average Bonchev–Trinajstić information content (AvgIpc) is 3.27. The Morgan fingerprint density at radius 1 is 1.26 bits per heavy atom. The maximum Gasteiger partial charge on any atom is 0.412 e. The third-order valence-corrected chi connectivity index (χ3v) is 3.21. The highest BCUT2D eigenvalue weighted by atomic mass is 16.6. The van der Waals surface area contributed by atoms with Crippen molar-refractivity contribution in [2.24, 2.45) is 5.92 Å². The van der Waals surface area contributed by atoms with Crippen LogP contribution >= 0.6 is 0 Å². The lowest BCUT2D eigenvalue weighted by Crippen LogP contribution is -2.27. The molecular weight excluding hydrogens is 298 g/mol. The van der Waals surface area contributed by atoms with E-state index in [1.807, 2.05) is 0 Å². The molecule has 0 aromatic heterocycles. The maximum atomic E-state index is 11.9. The number of benzene rings is 1. The highest BCUT2D eigenvalue weighted by Crippen LogP contribution is 2.32. The van der Waals surface area contributed by atoms with Gasteiger partial charge in [0.05, 0.1) is 25.0 Å². The first kappa shape index (κ1) is 17.1. The molecule has 1 saturated carbocycles. The molecule has 0 spiro atoms. The van der Waals surface area contributed by atoms with Crippen molar-refractivity contribution in [1.29, 1.82) is 0 Å². The minimum atomic E-state index is -0.592. The van der Waals surface area contributed by atoms with E-state index in [-0.39, 0.29) is 0 Å². The largest absolute Gasteiger partial charge is 0.491 e. The fourth-order valence-corrected chi connectivity index (χ4v) is 1.90. The van der Waals surface area contributed by atoms with E-state index in [4.69, 9.17) is 14.2 Å². The van der Waals surface area contributed by atoms with Crippen LogP contribution in [0.1, 0.15) is 44.0 Å². The second-order valence-corrected chi connectivity index (χ2v) is 6.58. The molecule has 1 aliphatic carbocycles. The topological polar surface area (TPSA) is 73.9 Å². The van der Waals surface area contributed by atoms with Crippen LogP contribution < -0.4 is 10.1 Å². The number of ether oxygens (including phenoxy) is 3. The Hall–Kier alpha value is -2.24. The first-order valence-corrected chi connectivity index (χ1v) is 7.63. The van der Waals surface area contributed by atoms with E-state index in [1.54, 1.807) is 39.0 Å². The number of amides is 1. The Labute approximate surface area is 136 Å². The third-order valence-electron chi connectivity index (χ3n) is 3.21. The van der Waals surface area contributed by atoms with Crippen molar-refractivity contribution >= 4 is 17.7 Å². The van der Waals surface area contributed by atoms with Crippen LogP contribution in [0.25, 0.3) is 0 Å². The van der Waals surface area contributed by atoms with Gasteiger partial charge >= 0.3 is 12.1 Å². The molecule has 6 nitrogen and oxygen atoms in total. The molecule has 0 aliphatic heterocycles. The van der Waals surface area contributed by atoms with Crippen LogP contribution in [-0.2, 0) is 9.47 Å². The number of hydrogen-bond donors (Lipinski definition) is 1. The summed E-state index contributed by atoms with van der Waals surface area (Å²) >= 11 is 0. The van der Waals surface area contributed by atoms with Gasteiger partial charge in [0.15, 0.2) is 0 Å².